The van der Waals surface area contributed by atoms with Gasteiger partial charge in [-0.25, -0.2) is 4.99 Å². The van der Waals surface area contributed by atoms with E-state index in [1.54, 1.807) is 19.0 Å². The van der Waals surface area contributed by atoms with E-state index in [-0.39, 0.29) is 36.4 Å². The maximum absolute atomic E-state index is 11.5. The van der Waals surface area contributed by atoms with E-state index in [0.29, 0.717) is 5.96 Å². The lowest BCUT2D eigenvalue weighted by Crippen LogP contribution is -2.39. The lowest BCUT2D eigenvalue weighted by atomic mass is 10.4. The molecule has 7 heteroatoms. The fourth-order valence-corrected chi connectivity index (χ4v) is 2.49. The summed E-state index contributed by atoms with van der Waals surface area (Å²) >= 11 is 1.85. The normalized spacial score (nSPS) is 10.7. The predicted molar refractivity (Wildman–Crippen MR) is 110 cm³/mol. The number of carbonyl (C=O) groups excluding carboxylic acids is 1. The van der Waals surface area contributed by atoms with Crippen molar-refractivity contribution in [1.82, 2.24) is 15.5 Å². The van der Waals surface area contributed by atoms with E-state index in [4.69, 9.17) is 0 Å². The van der Waals surface area contributed by atoms with E-state index in [9.17, 15) is 4.79 Å². The Morgan fingerprint density at radius 3 is 2.52 bits per heavy atom. The van der Waals surface area contributed by atoms with Crippen molar-refractivity contribution in [1.29, 1.82) is 0 Å². The summed E-state index contributed by atoms with van der Waals surface area (Å²) in [6.45, 7) is 3.79. The maximum atomic E-state index is 11.5. The number of nitrogens with one attached hydrogen (secondary N) is 2. The topological polar surface area (TPSA) is 56.7 Å². The Morgan fingerprint density at radius 2 is 1.91 bits per heavy atom. The second kappa shape index (κ2) is 13.5. The number of nitrogens with zero attached hydrogens (tertiary/aromatic N) is 2. The van der Waals surface area contributed by atoms with E-state index in [1.807, 2.05) is 24.8 Å². The van der Waals surface area contributed by atoms with Crippen molar-refractivity contribution in [2.45, 2.75) is 18.2 Å². The number of hydrogen-bond donors (Lipinski definition) is 2. The Morgan fingerprint density at radius 1 is 1.22 bits per heavy atom. The average Bonchev–Trinajstić information content (AvgIpc) is 2.52. The molecule has 0 fully saturated rings. The molecule has 0 saturated carbocycles. The van der Waals surface area contributed by atoms with Gasteiger partial charge in [-0.15, -0.1) is 35.7 Å². The molecule has 0 bridgehead atoms. The van der Waals surface area contributed by atoms with Crippen LogP contribution >= 0.6 is 35.7 Å². The molecule has 130 valence electrons. The third-order valence-electron chi connectivity index (χ3n) is 2.84. The Kier molecular flexibility index (Phi) is 12.9. The number of rotatable bonds is 8. The van der Waals surface area contributed by atoms with Crippen LogP contribution in [0.4, 0.5) is 0 Å². The van der Waals surface area contributed by atoms with Crippen molar-refractivity contribution in [2.24, 2.45) is 4.99 Å². The van der Waals surface area contributed by atoms with Gasteiger partial charge in [0.05, 0.1) is 0 Å². The molecule has 1 amide bonds. The second-order valence-electron chi connectivity index (χ2n) is 4.93. The van der Waals surface area contributed by atoms with Crippen LogP contribution in [0.1, 0.15) is 13.3 Å². The largest absolute Gasteiger partial charge is 0.357 e. The van der Waals surface area contributed by atoms with Crippen LogP contribution in [0.15, 0.2) is 40.2 Å². The van der Waals surface area contributed by atoms with Gasteiger partial charge >= 0.3 is 0 Å². The molecule has 0 spiro atoms. The smallest absolute Gasteiger partial charge is 0.243 e. The SMILES string of the molecule is CCNC(=NCC(=O)N(C)C)NCCCSc1ccccc1.I. The molecule has 1 aromatic carbocycles. The minimum absolute atomic E-state index is 0. The van der Waals surface area contributed by atoms with Crippen molar-refractivity contribution in [2.75, 3.05) is 39.5 Å². The first-order valence-electron chi connectivity index (χ1n) is 7.53. The number of amides is 1. The highest BCUT2D eigenvalue weighted by Gasteiger charge is 2.03. The van der Waals surface area contributed by atoms with Crippen LogP contribution in [-0.4, -0.2) is 56.2 Å². The minimum Gasteiger partial charge on any atom is -0.357 e. The van der Waals surface area contributed by atoms with Gasteiger partial charge in [0.25, 0.3) is 0 Å². The van der Waals surface area contributed by atoms with Crippen LogP contribution in [0.25, 0.3) is 0 Å². The summed E-state index contributed by atoms with van der Waals surface area (Å²) in [5.41, 5.74) is 0. The van der Waals surface area contributed by atoms with Gasteiger partial charge in [0.2, 0.25) is 5.91 Å². The molecule has 0 saturated heterocycles. The first-order valence-corrected chi connectivity index (χ1v) is 8.52. The third kappa shape index (κ3) is 10.4. The molecule has 1 aromatic rings. The minimum atomic E-state index is -0.00293. The molecule has 0 aliphatic rings. The number of benzene rings is 1. The highest BCUT2D eigenvalue weighted by molar-refractivity contribution is 14.0. The quantitative estimate of drug-likeness (QED) is 0.210. The Hall–Kier alpha value is -0.960. The van der Waals surface area contributed by atoms with Crippen molar-refractivity contribution in [3.63, 3.8) is 0 Å². The maximum Gasteiger partial charge on any atom is 0.243 e. The number of thioether (sulfide) groups is 1. The van der Waals surface area contributed by atoms with Gasteiger partial charge in [-0.3, -0.25) is 4.79 Å². The first-order chi connectivity index (χ1) is 10.6. The highest BCUT2D eigenvalue weighted by atomic mass is 127. The van der Waals surface area contributed by atoms with Crippen LogP contribution in [0, 0.1) is 0 Å². The Labute approximate surface area is 160 Å². The van der Waals surface area contributed by atoms with E-state index in [1.165, 1.54) is 4.90 Å². The van der Waals surface area contributed by atoms with Crippen LogP contribution in [0.5, 0.6) is 0 Å². The Balaban J connectivity index is 0.00000484. The molecule has 0 aliphatic carbocycles. The van der Waals surface area contributed by atoms with E-state index in [2.05, 4.69) is 39.9 Å². The third-order valence-corrected chi connectivity index (χ3v) is 3.94. The first kappa shape index (κ1) is 22.0. The molecule has 23 heavy (non-hydrogen) atoms. The zero-order valence-corrected chi connectivity index (χ0v) is 17.2. The molecule has 0 heterocycles. The summed E-state index contributed by atoms with van der Waals surface area (Å²) in [6, 6.07) is 10.4. The molecule has 5 nitrogen and oxygen atoms in total. The van der Waals surface area contributed by atoms with Gasteiger partial charge < -0.3 is 15.5 Å². The summed E-state index contributed by atoms with van der Waals surface area (Å²) in [4.78, 5) is 18.7. The van der Waals surface area contributed by atoms with Crippen LogP contribution in [-0.2, 0) is 4.79 Å². The van der Waals surface area contributed by atoms with Crippen molar-refractivity contribution < 1.29 is 4.79 Å². The van der Waals surface area contributed by atoms with E-state index >= 15 is 0 Å². The van der Waals surface area contributed by atoms with Gasteiger partial charge in [-0.1, -0.05) is 18.2 Å². The molecule has 0 unspecified atom stereocenters. The van der Waals surface area contributed by atoms with Gasteiger partial charge in [0.1, 0.15) is 6.54 Å². The average molecular weight is 450 g/mol. The number of carbonyl (C=O) groups is 1. The molecule has 1 rings (SSSR count). The molecular formula is C16H27IN4OS. The number of halogens is 1. The second-order valence-corrected chi connectivity index (χ2v) is 6.09. The van der Waals surface area contributed by atoms with Gasteiger partial charge in [-0.05, 0) is 31.2 Å². The van der Waals surface area contributed by atoms with Gasteiger partial charge in [0.15, 0.2) is 5.96 Å². The Bertz CT molecular complexity index is 468. The fourth-order valence-electron chi connectivity index (χ4n) is 1.62. The standard InChI is InChI=1S/C16H26N4OS.HI/c1-4-17-16(19-13-15(21)20(2)3)18-11-8-12-22-14-9-6-5-7-10-14;/h5-7,9-10H,4,8,11-13H2,1-3H3,(H2,17,18,19);1H. The monoisotopic (exact) mass is 450 g/mol. The van der Waals surface area contributed by atoms with Crippen LogP contribution < -0.4 is 10.6 Å². The van der Waals surface area contributed by atoms with Gasteiger partial charge in [-0.2, -0.15) is 0 Å². The molecule has 0 radical (unpaired) electrons. The molecule has 0 aromatic heterocycles. The fraction of sp³-hybridized carbons (Fsp3) is 0.500. The summed E-state index contributed by atoms with van der Waals surface area (Å²) in [6.07, 6.45) is 1.03. The zero-order valence-electron chi connectivity index (χ0n) is 14.0. The summed E-state index contributed by atoms with van der Waals surface area (Å²) in [7, 11) is 3.47. The molecular weight excluding hydrogens is 423 g/mol. The number of guanidine groups is 1. The van der Waals surface area contributed by atoms with Crippen molar-refractivity contribution in [3.05, 3.63) is 30.3 Å². The lowest BCUT2D eigenvalue weighted by molar-refractivity contribution is -0.127. The predicted octanol–water partition coefficient (Wildman–Crippen LogP) is 2.43. The van der Waals surface area contributed by atoms with Gasteiger partial charge in [0, 0.05) is 32.1 Å². The van der Waals surface area contributed by atoms with Crippen molar-refractivity contribution in [3.8, 4) is 0 Å². The highest BCUT2D eigenvalue weighted by Crippen LogP contribution is 2.17. The number of likely N-dealkylation sites (N-methyl/N-ethyl adjacent to an activating group) is 1. The van der Waals surface area contributed by atoms with E-state index in [0.717, 1.165) is 25.3 Å². The zero-order chi connectivity index (χ0) is 16.2. The van der Waals surface area contributed by atoms with E-state index < -0.39 is 0 Å². The lowest BCUT2D eigenvalue weighted by Gasteiger charge is -2.12. The molecule has 0 atom stereocenters. The van der Waals surface area contributed by atoms with Crippen LogP contribution in [0.3, 0.4) is 0 Å². The number of hydrogen-bond acceptors (Lipinski definition) is 3. The number of aliphatic imine (C=N–C) groups is 1. The van der Waals surface area contributed by atoms with Crippen molar-refractivity contribution >= 4 is 47.6 Å². The summed E-state index contributed by atoms with van der Waals surface area (Å²) in [5, 5.41) is 6.40. The summed E-state index contributed by atoms with van der Waals surface area (Å²) < 4.78 is 0. The molecule has 0 aliphatic heterocycles. The molecule has 2 N–H and O–H groups in total. The summed E-state index contributed by atoms with van der Waals surface area (Å²) in [5.74, 6) is 1.74. The van der Waals surface area contributed by atoms with Crippen LogP contribution in [0.2, 0.25) is 0 Å².